The second-order valence-electron chi connectivity index (χ2n) is 5.80. The maximum atomic E-state index is 12.2. The summed E-state index contributed by atoms with van der Waals surface area (Å²) < 4.78 is 5.55. The van der Waals surface area contributed by atoms with Crippen LogP contribution in [0.4, 0.5) is 0 Å². The molecule has 134 valence electrons. The van der Waals surface area contributed by atoms with Crippen LogP contribution in [0.25, 0.3) is 10.6 Å². The zero-order valence-corrected chi connectivity index (χ0v) is 15.3. The average Bonchev–Trinajstić information content (AvgIpc) is 3.09. The van der Waals surface area contributed by atoms with Gasteiger partial charge in [-0.05, 0) is 44.5 Å². The van der Waals surface area contributed by atoms with Gasteiger partial charge in [0.05, 0.1) is 12.5 Å². The molecule has 2 N–H and O–H groups in total. The SMILES string of the molecule is CCCOc1ccc(-c2nc(C(=O)NC(C)C(C)C(=O)O)cs2)cc1. The Morgan fingerprint density at radius 1 is 1.28 bits per heavy atom. The monoisotopic (exact) mass is 362 g/mol. The van der Waals surface area contributed by atoms with E-state index in [2.05, 4.69) is 17.2 Å². The van der Waals surface area contributed by atoms with Gasteiger partial charge in [0.1, 0.15) is 16.5 Å². The minimum Gasteiger partial charge on any atom is -0.494 e. The minimum absolute atomic E-state index is 0.288. The van der Waals surface area contributed by atoms with E-state index in [1.54, 1.807) is 19.2 Å². The first-order valence-corrected chi connectivity index (χ1v) is 9.02. The van der Waals surface area contributed by atoms with Crippen LogP contribution in [0, 0.1) is 5.92 Å². The van der Waals surface area contributed by atoms with E-state index in [1.807, 2.05) is 24.3 Å². The minimum atomic E-state index is -0.947. The van der Waals surface area contributed by atoms with Gasteiger partial charge in [0.2, 0.25) is 0 Å². The Hall–Kier alpha value is -2.41. The first-order valence-electron chi connectivity index (χ1n) is 8.14. The molecular formula is C18H22N2O4S. The summed E-state index contributed by atoms with van der Waals surface area (Å²) >= 11 is 1.37. The number of ether oxygens (including phenoxy) is 1. The van der Waals surface area contributed by atoms with Crippen LogP contribution in [0.2, 0.25) is 0 Å². The van der Waals surface area contributed by atoms with Gasteiger partial charge in [-0.25, -0.2) is 4.98 Å². The molecule has 0 fully saturated rings. The van der Waals surface area contributed by atoms with E-state index in [9.17, 15) is 9.59 Å². The van der Waals surface area contributed by atoms with Crippen LogP contribution in [0.15, 0.2) is 29.6 Å². The first-order chi connectivity index (χ1) is 11.9. The fraction of sp³-hybridized carbons (Fsp3) is 0.389. The molecule has 0 radical (unpaired) electrons. The van der Waals surface area contributed by atoms with Crippen molar-refractivity contribution >= 4 is 23.2 Å². The molecule has 2 aromatic rings. The lowest BCUT2D eigenvalue weighted by Gasteiger charge is -2.16. The Morgan fingerprint density at radius 2 is 1.96 bits per heavy atom. The zero-order valence-electron chi connectivity index (χ0n) is 14.5. The van der Waals surface area contributed by atoms with Crippen LogP contribution in [0.3, 0.4) is 0 Å². The lowest BCUT2D eigenvalue weighted by atomic mass is 10.0. The van der Waals surface area contributed by atoms with Crippen LogP contribution >= 0.6 is 11.3 Å². The van der Waals surface area contributed by atoms with Gasteiger partial charge in [-0.1, -0.05) is 6.92 Å². The highest BCUT2D eigenvalue weighted by Crippen LogP contribution is 2.26. The number of aromatic nitrogens is 1. The fourth-order valence-corrected chi connectivity index (χ4v) is 2.85. The molecule has 0 saturated carbocycles. The molecule has 0 aliphatic heterocycles. The van der Waals surface area contributed by atoms with Crippen LogP contribution in [0.1, 0.15) is 37.7 Å². The van der Waals surface area contributed by atoms with Crippen molar-refractivity contribution in [2.75, 3.05) is 6.61 Å². The standard InChI is InChI=1S/C18H22N2O4S/c1-4-9-24-14-7-5-13(6-8-14)17-20-15(10-25-17)16(21)19-12(3)11(2)18(22)23/h5-8,10-12H,4,9H2,1-3H3,(H,19,21)(H,22,23). The van der Waals surface area contributed by atoms with Crippen molar-refractivity contribution in [3.8, 4) is 16.3 Å². The molecular weight excluding hydrogens is 340 g/mol. The van der Waals surface area contributed by atoms with Gasteiger partial charge in [-0.3, -0.25) is 9.59 Å². The molecule has 0 aliphatic carbocycles. The van der Waals surface area contributed by atoms with Gasteiger partial charge in [0, 0.05) is 17.0 Å². The molecule has 1 aromatic carbocycles. The van der Waals surface area contributed by atoms with E-state index < -0.39 is 17.9 Å². The second kappa shape index (κ2) is 8.62. The lowest BCUT2D eigenvalue weighted by Crippen LogP contribution is -2.40. The van der Waals surface area contributed by atoms with Crippen molar-refractivity contribution in [1.29, 1.82) is 0 Å². The first kappa shape index (κ1) is 18.9. The zero-order chi connectivity index (χ0) is 18.4. The van der Waals surface area contributed by atoms with E-state index in [0.717, 1.165) is 22.7 Å². The smallest absolute Gasteiger partial charge is 0.308 e. The molecule has 0 aliphatic rings. The molecule has 1 amide bonds. The van der Waals surface area contributed by atoms with Gasteiger partial charge in [0.15, 0.2) is 0 Å². The Kier molecular flexibility index (Phi) is 6.52. The highest BCUT2D eigenvalue weighted by atomic mass is 32.1. The Balaban J connectivity index is 2.04. The summed E-state index contributed by atoms with van der Waals surface area (Å²) in [5.74, 6) is -1.18. The number of carboxylic acids is 1. The number of hydrogen-bond acceptors (Lipinski definition) is 5. The van der Waals surface area contributed by atoms with E-state index in [4.69, 9.17) is 9.84 Å². The maximum Gasteiger partial charge on any atom is 0.308 e. The molecule has 0 saturated heterocycles. The summed E-state index contributed by atoms with van der Waals surface area (Å²) in [6.45, 7) is 5.95. The number of hydrogen-bond donors (Lipinski definition) is 2. The van der Waals surface area contributed by atoms with Gasteiger partial charge in [-0.2, -0.15) is 0 Å². The van der Waals surface area contributed by atoms with Crippen LogP contribution in [-0.2, 0) is 4.79 Å². The molecule has 2 rings (SSSR count). The predicted molar refractivity (Wildman–Crippen MR) is 97.1 cm³/mol. The number of carbonyl (C=O) groups is 2. The number of nitrogens with one attached hydrogen (secondary N) is 1. The molecule has 6 nitrogen and oxygen atoms in total. The number of rotatable bonds is 8. The summed E-state index contributed by atoms with van der Waals surface area (Å²) in [4.78, 5) is 27.5. The molecule has 7 heteroatoms. The Bertz CT molecular complexity index is 727. The van der Waals surface area contributed by atoms with Gasteiger partial charge in [0.25, 0.3) is 5.91 Å². The van der Waals surface area contributed by atoms with Crippen molar-refractivity contribution in [2.45, 2.75) is 33.2 Å². The van der Waals surface area contributed by atoms with Crippen LogP contribution in [0.5, 0.6) is 5.75 Å². The molecule has 2 atom stereocenters. The number of thiazole rings is 1. The predicted octanol–water partition coefficient (Wildman–Crippen LogP) is 3.44. The fourth-order valence-electron chi connectivity index (χ4n) is 2.04. The number of aliphatic carboxylic acids is 1. The highest BCUT2D eigenvalue weighted by Gasteiger charge is 2.22. The molecule has 25 heavy (non-hydrogen) atoms. The van der Waals surface area contributed by atoms with Gasteiger partial charge < -0.3 is 15.2 Å². The third kappa shape index (κ3) is 5.03. The van der Waals surface area contributed by atoms with Crippen LogP contribution in [-0.4, -0.2) is 34.6 Å². The molecule has 0 spiro atoms. The summed E-state index contributed by atoms with van der Waals surface area (Å²) in [5, 5.41) is 14.1. The quantitative estimate of drug-likeness (QED) is 0.751. The van der Waals surface area contributed by atoms with Crippen molar-refractivity contribution < 1.29 is 19.4 Å². The summed E-state index contributed by atoms with van der Waals surface area (Å²) in [6.07, 6.45) is 0.950. The van der Waals surface area contributed by atoms with Crippen LogP contribution < -0.4 is 10.1 Å². The second-order valence-corrected chi connectivity index (χ2v) is 6.66. The van der Waals surface area contributed by atoms with E-state index in [1.165, 1.54) is 11.3 Å². The topological polar surface area (TPSA) is 88.5 Å². The summed E-state index contributed by atoms with van der Waals surface area (Å²) in [6, 6.07) is 7.08. The van der Waals surface area contributed by atoms with E-state index in [-0.39, 0.29) is 11.6 Å². The number of amides is 1. The normalized spacial score (nSPS) is 13.1. The summed E-state index contributed by atoms with van der Waals surface area (Å²) in [5.41, 5.74) is 1.19. The summed E-state index contributed by atoms with van der Waals surface area (Å²) in [7, 11) is 0. The van der Waals surface area contributed by atoms with Crippen molar-refractivity contribution in [3.05, 3.63) is 35.3 Å². The molecule has 1 aromatic heterocycles. The third-order valence-corrected chi connectivity index (χ3v) is 4.70. The molecule has 1 heterocycles. The number of carbonyl (C=O) groups excluding carboxylic acids is 1. The highest BCUT2D eigenvalue weighted by molar-refractivity contribution is 7.13. The van der Waals surface area contributed by atoms with Crippen molar-refractivity contribution in [1.82, 2.24) is 10.3 Å². The number of benzene rings is 1. The lowest BCUT2D eigenvalue weighted by molar-refractivity contribution is -0.141. The van der Waals surface area contributed by atoms with E-state index >= 15 is 0 Å². The number of carboxylic acid groups (broad SMARTS) is 1. The van der Waals surface area contributed by atoms with Gasteiger partial charge >= 0.3 is 5.97 Å². The van der Waals surface area contributed by atoms with Crippen molar-refractivity contribution in [3.63, 3.8) is 0 Å². The maximum absolute atomic E-state index is 12.2. The molecule has 0 bridgehead atoms. The molecule has 2 unspecified atom stereocenters. The Morgan fingerprint density at radius 3 is 2.56 bits per heavy atom. The largest absolute Gasteiger partial charge is 0.494 e. The van der Waals surface area contributed by atoms with E-state index in [0.29, 0.717) is 6.61 Å². The van der Waals surface area contributed by atoms with Crippen molar-refractivity contribution in [2.24, 2.45) is 5.92 Å². The number of nitrogens with zero attached hydrogens (tertiary/aromatic N) is 1. The third-order valence-electron chi connectivity index (χ3n) is 3.81. The Labute approximate surface area is 150 Å². The van der Waals surface area contributed by atoms with Gasteiger partial charge in [-0.15, -0.1) is 11.3 Å². The average molecular weight is 362 g/mol.